The van der Waals surface area contributed by atoms with E-state index >= 15 is 0 Å². The second-order valence-electron chi connectivity index (χ2n) is 6.47. The molecule has 17 heavy (non-hydrogen) atoms. The molecule has 0 heterocycles. The minimum Gasteiger partial charge on any atom is -0.388 e. The third-order valence-electron chi connectivity index (χ3n) is 2.76. The van der Waals surface area contributed by atoms with Gasteiger partial charge in [0, 0.05) is 12.7 Å². The molecule has 1 rings (SSSR count). The van der Waals surface area contributed by atoms with Crippen molar-refractivity contribution in [1.82, 2.24) is 0 Å². The molecule has 0 bridgehead atoms. The Morgan fingerprint density at radius 3 is 1.53 bits per heavy atom. The molecular weight excluding hydrogens is 225 g/mol. The Labute approximate surface area is 108 Å². The standard InChI is InChI=1S/C15H26NP/c1-14(2,3)17(15(4,5)6)13-10-8-12(16-7)9-11-13/h8-11,16H,1-7H3. The van der Waals surface area contributed by atoms with Crippen molar-refractivity contribution in [3.63, 3.8) is 0 Å². The Kier molecular flexibility index (Phi) is 4.25. The molecule has 0 unspecified atom stereocenters. The first kappa shape index (κ1) is 14.5. The lowest BCUT2D eigenvalue weighted by Gasteiger charge is -2.41. The van der Waals surface area contributed by atoms with Crippen LogP contribution in [0.2, 0.25) is 0 Å². The maximum absolute atomic E-state index is 3.18. The summed E-state index contributed by atoms with van der Waals surface area (Å²) < 4.78 is 0. The van der Waals surface area contributed by atoms with Gasteiger partial charge >= 0.3 is 0 Å². The zero-order valence-electron chi connectivity index (χ0n) is 12.3. The van der Waals surface area contributed by atoms with Crippen molar-refractivity contribution in [2.75, 3.05) is 12.4 Å². The first-order chi connectivity index (χ1) is 7.66. The predicted octanol–water partition coefficient (Wildman–Crippen LogP) is 4.43. The highest BCUT2D eigenvalue weighted by Gasteiger charge is 2.35. The largest absolute Gasteiger partial charge is 0.388 e. The van der Waals surface area contributed by atoms with Crippen molar-refractivity contribution in [2.24, 2.45) is 0 Å². The summed E-state index contributed by atoms with van der Waals surface area (Å²) in [5, 5.41) is 5.36. The summed E-state index contributed by atoms with van der Waals surface area (Å²) in [4.78, 5) is 0. The van der Waals surface area contributed by atoms with Crippen LogP contribution >= 0.6 is 7.92 Å². The van der Waals surface area contributed by atoms with Crippen LogP contribution in [-0.2, 0) is 0 Å². The van der Waals surface area contributed by atoms with Crippen LogP contribution in [-0.4, -0.2) is 17.4 Å². The second-order valence-corrected chi connectivity index (χ2v) is 10.3. The van der Waals surface area contributed by atoms with Crippen molar-refractivity contribution < 1.29 is 0 Å². The third kappa shape index (κ3) is 3.71. The maximum Gasteiger partial charge on any atom is 0.0338 e. The smallest absolute Gasteiger partial charge is 0.0338 e. The Bertz CT molecular complexity index is 340. The minimum absolute atomic E-state index is 0.183. The molecule has 0 saturated carbocycles. The minimum atomic E-state index is -0.183. The summed E-state index contributed by atoms with van der Waals surface area (Å²) in [6.07, 6.45) is 0. The van der Waals surface area contributed by atoms with Gasteiger partial charge in [0.15, 0.2) is 0 Å². The molecule has 1 aromatic rings. The molecular formula is C15H26NP. The fourth-order valence-electron chi connectivity index (χ4n) is 2.56. The average Bonchev–Trinajstić information content (AvgIpc) is 2.14. The van der Waals surface area contributed by atoms with E-state index < -0.39 is 0 Å². The molecule has 96 valence electrons. The third-order valence-corrected chi connectivity index (χ3v) is 6.25. The number of benzene rings is 1. The molecule has 0 fully saturated rings. The van der Waals surface area contributed by atoms with Crippen molar-refractivity contribution in [2.45, 2.75) is 51.9 Å². The molecule has 1 nitrogen and oxygen atoms in total. The van der Waals surface area contributed by atoms with Crippen LogP contribution in [0.1, 0.15) is 41.5 Å². The Balaban J connectivity index is 3.14. The van der Waals surface area contributed by atoms with Crippen LogP contribution in [0.4, 0.5) is 5.69 Å². The lowest BCUT2D eigenvalue weighted by Crippen LogP contribution is -2.31. The highest BCUT2D eigenvalue weighted by Crippen LogP contribution is 2.58. The maximum atomic E-state index is 3.18. The molecule has 0 aliphatic heterocycles. The molecule has 1 N–H and O–H groups in total. The van der Waals surface area contributed by atoms with Gasteiger partial charge in [-0.3, -0.25) is 0 Å². The van der Waals surface area contributed by atoms with Crippen LogP contribution in [0.5, 0.6) is 0 Å². The summed E-state index contributed by atoms with van der Waals surface area (Å²) in [5.41, 5.74) is 1.19. The van der Waals surface area contributed by atoms with Gasteiger partial charge in [-0.1, -0.05) is 61.6 Å². The highest BCUT2D eigenvalue weighted by atomic mass is 31.1. The van der Waals surface area contributed by atoms with Crippen LogP contribution in [0, 0.1) is 0 Å². The summed E-state index contributed by atoms with van der Waals surface area (Å²) in [5.74, 6) is 0. The molecule has 0 aliphatic carbocycles. The molecule has 0 saturated heterocycles. The fraction of sp³-hybridized carbons (Fsp3) is 0.600. The Hall–Kier alpha value is -0.550. The molecule has 2 heteroatoms. The van der Waals surface area contributed by atoms with E-state index in [1.165, 1.54) is 11.0 Å². The van der Waals surface area contributed by atoms with E-state index in [9.17, 15) is 0 Å². The van der Waals surface area contributed by atoms with Gasteiger partial charge in [-0.2, -0.15) is 0 Å². The molecule has 0 radical (unpaired) electrons. The van der Waals surface area contributed by atoms with E-state index in [0.29, 0.717) is 10.3 Å². The van der Waals surface area contributed by atoms with Gasteiger partial charge in [-0.05, 0) is 27.7 Å². The summed E-state index contributed by atoms with van der Waals surface area (Å²) in [6.45, 7) is 14.1. The molecule has 0 aliphatic rings. The summed E-state index contributed by atoms with van der Waals surface area (Å²) in [7, 11) is 1.78. The van der Waals surface area contributed by atoms with Gasteiger partial charge in [0.25, 0.3) is 0 Å². The van der Waals surface area contributed by atoms with E-state index in [1.54, 1.807) is 0 Å². The van der Waals surface area contributed by atoms with E-state index in [1.807, 2.05) is 7.05 Å². The summed E-state index contributed by atoms with van der Waals surface area (Å²) in [6, 6.07) is 8.94. The van der Waals surface area contributed by atoms with E-state index in [4.69, 9.17) is 0 Å². The van der Waals surface area contributed by atoms with Gasteiger partial charge in [0.1, 0.15) is 0 Å². The SMILES string of the molecule is CNc1ccc(P(C(C)(C)C)C(C)(C)C)cc1. The van der Waals surface area contributed by atoms with E-state index in [0.717, 1.165) is 0 Å². The van der Waals surface area contributed by atoms with Crippen LogP contribution < -0.4 is 10.6 Å². The molecule has 0 spiro atoms. The highest BCUT2D eigenvalue weighted by molar-refractivity contribution is 7.68. The van der Waals surface area contributed by atoms with Crippen LogP contribution in [0.15, 0.2) is 24.3 Å². The average molecular weight is 251 g/mol. The van der Waals surface area contributed by atoms with Crippen LogP contribution in [0.3, 0.4) is 0 Å². The monoisotopic (exact) mass is 251 g/mol. The molecule has 0 aromatic heterocycles. The molecule has 1 aromatic carbocycles. The number of anilines is 1. The first-order valence-electron chi connectivity index (χ1n) is 6.24. The zero-order valence-corrected chi connectivity index (χ0v) is 13.2. The first-order valence-corrected chi connectivity index (χ1v) is 7.58. The van der Waals surface area contributed by atoms with Crippen molar-refractivity contribution in [1.29, 1.82) is 0 Å². The van der Waals surface area contributed by atoms with Crippen molar-refractivity contribution in [3.05, 3.63) is 24.3 Å². The van der Waals surface area contributed by atoms with E-state index in [-0.39, 0.29) is 7.92 Å². The normalized spacial score (nSPS) is 12.9. The van der Waals surface area contributed by atoms with Gasteiger partial charge in [0.05, 0.1) is 0 Å². The lowest BCUT2D eigenvalue weighted by molar-refractivity contribution is 0.715. The van der Waals surface area contributed by atoms with Crippen molar-refractivity contribution in [3.8, 4) is 0 Å². The van der Waals surface area contributed by atoms with Crippen molar-refractivity contribution >= 4 is 18.9 Å². The Morgan fingerprint density at radius 1 is 0.824 bits per heavy atom. The lowest BCUT2D eigenvalue weighted by atomic mass is 10.2. The number of rotatable bonds is 2. The molecule has 0 amide bonds. The number of hydrogen-bond acceptors (Lipinski definition) is 1. The van der Waals surface area contributed by atoms with E-state index in [2.05, 4.69) is 71.1 Å². The summed E-state index contributed by atoms with van der Waals surface area (Å²) >= 11 is 0. The number of nitrogens with one attached hydrogen (secondary N) is 1. The van der Waals surface area contributed by atoms with Gasteiger partial charge in [-0.15, -0.1) is 0 Å². The van der Waals surface area contributed by atoms with Crippen LogP contribution in [0.25, 0.3) is 0 Å². The fourth-order valence-corrected chi connectivity index (χ4v) is 6.57. The topological polar surface area (TPSA) is 12.0 Å². The number of hydrogen-bond donors (Lipinski definition) is 1. The predicted molar refractivity (Wildman–Crippen MR) is 82.0 cm³/mol. The zero-order chi connectivity index (χ0) is 13.3. The quantitative estimate of drug-likeness (QED) is 0.767. The van der Waals surface area contributed by atoms with Gasteiger partial charge in [-0.25, -0.2) is 0 Å². The van der Waals surface area contributed by atoms with Gasteiger partial charge in [0.2, 0.25) is 0 Å². The van der Waals surface area contributed by atoms with Gasteiger partial charge < -0.3 is 5.32 Å². The second kappa shape index (κ2) is 4.98. The molecule has 0 atom stereocenters. The Morgan fingerprint density at radius 2 is 1.24 bits per heavy atom.